The van der Waals surface area contributed by atoms with Gasteiger partial charge in [0.15, 0.2) is 5.78 Å². The molecular formula is C10H12N2O. The van der Waals surface area contributed by atoms with Gasteiger partial charge in [0.2, 0.25) is 0 Å². The first-order valence-corrected chi connectivity index (χ1v) is 4.55. The van der Waals surface area contributed by atoms with Crippen LogP contribution in [0.3, 0.4) is 0 Å². The number of carbonyl (C=O) groups is 1. The molecule has 3 nitrogen and oxygen atoms in total. The molecular weight excluding hydrogens is 164 g/mol. The van der Waals surface area contributed by atoms with Crippen LogP contribution >= 0.6 is 0 Å². The van der Waals surface area contributed by atoms with Crippen LogP contribution in [0.2, 0.25) is 0 Å². The Kier molecular flexibility index (Phi) is 2.00. The highest BCUT2D eigenvalue weighted by molar-refractivity contribution is 6.00. The first kappa shape index (κ1) is 8.23. The van der Waals surface area contributed by atoms with Gasteiger partial charge in [-0.15, -0.1) is 0 Å². The monoisotopic (exact) mass is 176 g/mol. The number of fused-ring (bicyclic) bond motifs is 1. The van der Waals surface area contributed by atoms with Gasteiger partial charge in [-0.1, -0.05) is 13.0 Å². The fraction of sp³-hybridized carbons (Fsp3) is 0.400. The van der Waals surface area contributed by atoms with Crippen LogP contribution in [0.5, 0.6) is 0 Å². The molecule has 0 amide bonds. The van der Waals surface area contributed by atoms with Gasteiger partial charge >= 0.3 is 0 Å². The molecule has 0 radical (unpaired) electrons. The minimum Gasteiger partial charge on any atom is -0.347 e. The number of carbonyl (C=O) groups excluding carboxylic acids is 1. The van der Waals surface area contributed by atoms with Crippen molar-refractivity contribution in [3.05, 3.63) is 23.9 Å². The number of rotatable bonds is 2. The lowest BCUT2D eigenvalue weighted by Crippen LogP contribution is -2.37. The third kappa shape index (κ3) is 1.30. The second kappa shape index (κ2) is 3.17. The zero-order chi connectivity index (χ0) is 9.26. The maximum Gasteiger partial charge on any atom is 0.184 e. The minimum atomic E-state index is -0.134. The standard InChI is InChI=1S/C10H12N2O/c1-2-6-12-7-11-8-4-3-5-9(13)10(8)12/h3-5,7,10H,2,6H2,1H3. The van der Waals surface area contributed by atoms with Gasteiger partial charge in [0, 0.05) is 6.54 Å². The van der Waals surface area contributed by atoms with E-state index in [9.17, 15) is 4.79 Å². The van der Waals surface area contributed by atoms with E-state index < -0.39 is 0 Å². The molecule has 1 atom stereocenters. The molecule has 0 N–H and O–H groups in total. The van der Waals surface area contributed by atoms with Crippen molar-refractivity contribution in [3.8, 4) is 0 Å². The van der Waals surface area contributed by atoms with Crippen LogP contribution in [0.15, 0.2) is 28.9 Å². The third-order valence-corrected chi connectivity index (χ3v) is 2.25. The topological polar surface area (TPSA) is 32.7 Å². The summed E-state index contributed by atoms with van der Waals surface area (Å²) in [6.07, 6.45) is 8.09. The Morgan fingerprint density at radius 2 is 2.46 bits per heavy atom. The number of nitrogens with zero attached hydrogens (tertiary/aromatic N) is 2. The molecule has 3 heteroatoms. The SMILES string of the molecule is CCCN1C=NC2=CC=CC(=O)C21. The molecule has 0 saturated heterocycles. The second-order valence-electron chi connectivity index (χ2n) is 3.24. The molecule has 0 bridgehead atoms. The van der Waals surface area contributed by atoms with Gasteiger partial charge in [-0.05, 0) is 18.6 Å². The van der Waals surface area contributed by atoms with Crippen LogP contribution in [0.1, 0.15) is 13.3 Å². The molecule has 1 heterocycles. The highest BCUT2D eigenvalue weighted by Gasteiger charge is 2.31. The van der Waals surface area contributed by atoms with E-state index in [0.29, 0.717) is 0 Å². The molecule has 2 rings (SSSR count). The summed E-state index contributed by atoms with van der Waals surface area (Å²) in [7, 11) is 0. The highest BCUT2D eigenvalue weighted by atomic mass is 16.1. The van der Waals surface area contributed by atoms with Gasteiger partial charge < -0.3 is 4.90 Å². The Hall–Kier alpha value is -1.38. The normalized spacial score (nSPS) is 25.0. The molecule has 0 aromatic rings. The molecule has 0 aromatic carbocycles. The van der Waals surface area contributed by atoms with E-state index in [-0.39, 0.29) is 11.8 Å². The number of hydrogen-bond donors (Lipinski definition) is 0. The van der Waals surface area contributed by atoms with E-state index >= 15 is 0 Å². The van der Waals surface area contributed by atoms with Crippen molar-refractivity contribution in [3.63, 3.8) is 0 Å². The van der Waals surface area contributed by atoms with Crippen LogP contribution < -0.4 is 0 Å². The smallest absolute Gasteiger partial charge is 0.184 e. The van der Waals surface area contributed by atoms with Crippen molar-refractivity contribution in [2.45, 2.75) is 19.4 Å². The summed E-state index contributed by atoms with van der Waals surface area (Å²) in [6, 6.07) is -0.134. The van der Waals surface area contributed by atoms with Crippen molar-refractivity contribution >= 4 is 12.1 Å². The van der Waals surface area contributed by atoms with E-state index in [4.69, 9.17) is 0 Å². The van der Waals surface area contributed by atoms with E-state index in [1.54, 1.807) is 18.5 Å². The fourth-order valence-electron chi connectivity index (χ4n) is 1.67. The Balaban J connectivity index is 2.22. The Bertz CT molecular complexity index is 315. The molecule has 0 saturated carbocycles. The summed E-state index contributed by atoms with van der Waals surface area (Å²) in [5.74, 6) is 0.142. The van der Waals surface area contributed by atoms with Gasteiger partial charge in [-0.25, -0.2) is 4.99 Å². The van der Waals surface area contributed by atoms with Crippen LogP contribution in [0.25, 0.3) is 0 Å². The summed E-state index contributed by atoms with van der Waals surface area (Å²) in [5, 5.41) is 0. The predicted octanol–water partition coefficient (Wildman–Crippen LogP) is 1.13. The Morgan fingerprint density at radius 3 is 3.23 bits per heavy atom. The average molecular weight is 176 g/mol. The van der Waals surface area contributed by atoms with Gasteiger partial charge in [-0.3, -0.25) is 4.79 Å². The molecule has 13 heavy (non-hydrogen) atoms. The van der Waals surface area contributed by atoms with Crippen LogP contribution in [0.4, 0.5) is 0 Å². The van der Waals surface area contributed by atoms with E-state index in [1.807, 2.05) is 11.0 Å². The predicted molar refractivity (Wildman–Crippen MR) is 51.5 cm³/mol. The molecule has 0 fully saturated rings. The van der Waals surface area contributed by atoms with Crippen molar-refractivity contribution in [1.82, 2.24) is 4.90 Å². The van der Waals surface area contributed by atoms with Crippen molar-refractivity contribution in [1.29, 1.82) is 0 Å². The summed E-state index contributed by atoms with van der Waals surface area (Å²) in [6.45, 7) is 2.99. The fourth-order valence-corrected chi connectivity index (χ4v) is 1.67. The maximum absolute atomic E-state index is 11.5. The number of aliphatic imine (C=N–C) groups is 1. The maximum atomic E-state index is 11.5. The first-order valence-electron chi connectivity index (χ1n) is 4.55. The van der Waals surface area contributed by atoms with Gasteiger partial charge in [0.05, 0.1) is 12.0 Å². The number of allylic oxidation sites excluding steroid dienone is 2. The summed E-state index contributed by atoms with van der Waals surface area (Å²) in [4.78, 5) is 17.7. The summed E-state index contributed by atoms with van der Waals surface area (Å²) >= 11 is 0. The minimum absolute atomic E-state index is 0.134. The lowest BCUT2D eigenvalue weighted by atomic mass is 10.0. The van der Waals surface area contributed by atoms with Gasteiger partial charge in [0.1, 0.15) is 6.04 Å². The number of hydrogen-bond acceptors (Lipinski definition) is 3. The molecule has 1 aliphatic heterocycles. The highest BCUT2D eigenvalue weighted by Crippen LogP contribution is 2.21. The first-order chi connectivity index (χ1) is 6.33. The summed E-state index contributed by atoms with van der Waals surface area (Å²) < 4.78 is 0. The van der Waals surface area contributed by atoms with Crippen LogP contribution in [-0.2, 0) is 4.79 Å². The second-order valence-corrected chi connectivity index (χ2v) is 3.24. The largest absolute Gasteiger partial charge is 0.347 e. The zero-order valence-electron chi connectivity index (χ0n) is 7.60. The quantitative estimate of drug-likeness (QED) is 0.632. The molecule has 1 aliphatic carbocycles. The van der Waals surface area contributed by atoms with Gasteiger partial charge in [0.25, 0.3) is 0 Å². The van der Waals surface area contributed by atoms with E-state index in [0.717, 1.165) is 18.7 Å². The Morgan fingerprint density at radius 1 is 1.62 bits per heavy atom. The van der Waals surface area contributed by atoms with Crippen molar-refractivity contribution in [2.75, 3.05) is 6.54 Å². The number of ketones is 1. The van der Waals surface area contributed by atoms with Crippen LogP contribution in [0, 0.1) is 0 Å². The molecule has 2 aliphatic rings. The van der Waals surface area contributed by atoms with Crippen molar-refractivity contribution in [2.24, 2.45) is 4.99 Å². The zero-order valence-corrected chi connectivity index (χ0v) is 7.60. The van der Waals surface area contributed by atoms with Gasteiger partial charge in [-0.2, -0.15) is 0 Å². The summed E-state index contributed by atoms with van der Waals surface area (Å²) in [5.41, 5.74) is 0.876. The van der Waals surface area contributed by atoms with Crippen molar-refractivity contribution < 1.29 is 4.79 Å². The van der Waals surface area contributed by atoms with E-state index in [2.05, 4.69) is 11.9 Å². The molecule has 0 aromatic heterocycles. The average Bonchev–Trinajstić information content (AvgIpc) is 2.51. The molecule has 1 unspecified atom stereocenters. The van der Waals surface area contributed by atoms with Crippen LogP contribution in [-0.4, -0.2) is 29.6 Å². The Labute approximate surface area is 77.4 Å². The lowest BCUT2D eigenvalue weighted by Gasteiger charge is -2.22. The lowest BCUT2D eigenvalue weighted by molar-refractivity contribution is -0.117. The third-order valence-electron chi connectivity index (χ3n) is 2.25. The molecule has 68 valence electrons. The molecule has 0 spiro atoms. The van der Waals surface area contributed by atoms with E-state index in [1.165, 1.54) is 0 Å².